The summed E-state index contributed by atoms with van der Waals surface area (Å²) >= 11 is 0. The van der Waals surface area contributed by atoms with Crippen LogP contribution in [0.5, 0.6) is 0 Å². The maximum absolute atomic E-state index is 8.73. The van der Waals surface area contributed by atoms with E-state index in [1.165, 1.54) is 11.3 Å². The van der Waals surface area contributed by atoms with Gasteiger partial charge in [-0.2, -0.15) is 0 Å². The molecule has 0 saturated heterocycles. The summed E-state index contributed by atoms with van der Waals surface area (Å²) in [5, 5.41) is 12.2. The Bertz CT molecular complexity index is 338. The summed E-state index contributed by atoms with van der Waals surface area (Å²) < 4.78 is 0. The van der Waals surface area contributed by atoms with Crippen LogP contribution in [0.4, 0.5) is 5.69 Å². The average molecular weight is 265 g/mol. The van der Waals surface area contributed by atoms with Crippen molar-refractivity contribution in [2.75, 3.05) is 38.7 Å². The van der Waals surface area contributed by atoms with Crippen molar-refractivity contribution < 1.29 is 5.11 Å². The Morgan fingerprint density at radius 1 is 1.16 bits per heavy atom. The summed E-state index contributed by atoms with van der Waals surface area (Å²) in [5.74, 6) is 0. The van der Waals surface area contributed by atoms with Crippen molar-refractivity contribution in [3.8, 4) is 0 Å². The quantitative estimate of drug-likeness (QED) is 0.592. The molecule has 1 unspecified atom stereocenters. The van der Waals surface area contributed by atoms with Crippen LogP contribution >= 0.6 is 0 Å². The van der Waals surface area contributed by atoms with Crippen molar-refractivity contribution in [1.82, 2.24) is 5.32 Å². The Morgan fingerprint density at radius 3 is 2.37 bits per heavy atom. The number of nitrogens with two attached hydrogens (primary N) is 1. The van der Waals surface area contributed by atoms with Crippen molar-refractivity contribution in [1.29, 1.82) is 0 Å². The molecule has 108 valence electrons. The maximum Gasteiger partial charge on any atom is 0.0444 e. The molecule has 0 radical (unpaired) electrons. The largest absolute Gasteiger partial charge is 0.396 e. The Kier molecular flexibility index (Phi) is 7.48. The zero-order valence-corrected chi connectivity index (χ0v) is 12.1. The van der Waals surface area contributed by atoms with Crippen LogP contribution in [0, 0.1) is 0 Å². The van der Waals surface area contributed by atoms with Crippen LogP contribution < -0.4 is 16.0 Å². The molecule has 4 N–H and O–H groups in total. The van der Waals surface area contributed by atoms with Crippen molar-refractivity contribution in [2.24, 2.45) is 5.73 Å². The van der Waals surface area contributed by atoms with Crippen LogP contribution in [0.3, 0.4) is 0 Å². The van der Waals surface area contributed by atoms with Crippen LogP contribution in [-0.4, -0.2) is 38.9 Å². The number of nitrogens with one attached hydrogen (secondary N) is 1. The van der Waals surface area contributed by atoms with Gasteiger partial charge in [-0.3, -0.25) is 0 Å². The summed E-state index contributed by atoms with van der Waals surface area (Å²) in [6, 6.07) is 8.71. The third-order valence-electron chi connectivity index (χ3n) is 3.27. The van der Waals surface area contributed by atoms with Crippen LogP contribution in [0.1, 0.15) is 30.9 Å². The summed E-state index contributed by atoms with van der Waals surface area (Å²) in [4.78, 5) is 2.09. The fourth-order valence-electron chi connectivity index (χ4n) is 2.03. The monoisotopic (exact) mass is 265 g/mol. The second-order valence-corrected chi connectivity index (χ2v) is 5.01. The first kappa shape index (κ1) is 16.0. The number of nitrogens with zero attached hydrogens (tertiary/aromatic N) is 1. The van der Waals surface area contributed by atoms with Gasteiger partial charge in [0.05, 0.1) is 0 Å². The predicted molar refractivity (Wildman–Crippen MR) is 81.5 cm³/mol. The van der Waals surface area contributed by atoms with Crippen LogP contribution in [0.15, 0.2) is 24.3 Å². The number of hydrogen-bond donors (Lipinski definition) is 3. The normalized spacial score (nSPS) is 12.4. The van der Waals surface area contributed by atoms with Crippen LogP contribution in [0.25, 0.3) is 0 Å². The highest BCUT2D eigenvalue weighted by molar-refractivity contribution is 5.46. The molecule has 1 atom stereocenters. The predicted octanol–water partition coefficient (Wildman–Crippen LogP) is 1.50. The van der Waals surface area contributed by atoms with Crippen molar-refractivity contribution in [3.63, 3.8) is 0 Å². The number of aliphatic hydroxyl groups is 1. The molecular formula is C15H27N3O. The molecule has 0 aromatic heterocycles. The number of unbranched alkanes of at least 4 members (excludes halogenated alkanes) is 2. The lowest BCUT2D eigenvalue weighted by atomic mass is 10.1. The number of hydrogen-bond acceptors (Lipinski definition) is 4. The number of anilines is 1. The van der Waals surface area contributed by atoms with Gasteiger partial charge in [0.2, 0.25) is 0 Å². The zero-order chi connectivity index (χ0) is 14.1. The van der Waals surface area contributed by atoms with Gasteiger partial charge in [0.15, 0.2) is 0 Å². The third kappa shape index (κ3) is 5.59. The highest BCUT2D eigenvalue weighted by Crippen LogP contribution is 2.17. The van der Waals surface area contributed by atoms with E-state index in [-0.39, 0.29) is 12.6 Å². The minimum Gasteiger partial charge on any atom is -0.396 e. The van der Waals surface area contributed by atoms with Crippen molar-refractivity contribution in [3.05, 3.63) is 29.8 Å². The molecule has 0 aliphatic rings. The van der Waals surface area contributed by atoms with E-state index in [0.717, 1.165) is 25.8 Å². The van der Waals surface area contributed by atoms with Gasteiger partial charge in [-0.1, -0.05) is 12.1 Å². The summed E-state index contributed by atoms with van der Waals surface area (Å²) in [6.45, 7) is 1.82. The van der Waals surface area contributed by atoms with Gasteiger partial charge < -0.3 is 21.1 Å². The van der Waals surface area contributed by atoms with E-state index >= 15 is 0 Å². The lowest BCUT2D eigenvalue weighted by Gasteiger charge is -2.19. The summed E-state index contributed by atoms with van der Waals surface area (Å²) in [7, 11) is 4.07. The summed E-state index contributed by atoms with van der Waals surface area (Å²) in [5.41, 5.74) is 8.26. The fraction of sp³-hybridized carbons (Fsp3) is 0.600. The van der Waals surface area contributed by atoms with E-state index in [4.69, 9.17) is 10.8 Å². The van der Waals surface area contributed by atoms with E-state index in [1.54, 1.807) is 0 Å². The lowest BCUT2D eigenvalue weighted by Crippen LogP contribution is -2.29. The Hall–Kier alpha value is -1.10. The fourth-order valence-corrected chi connectivity index (χ4v) is 2.03. The molecule has 0 saturated carbocycles. The van der Waals surface area contributed by atoms with Gasteiger partial charge in [-0.05, 0) is 43.5 Å². The van der Waals surface area contributed by atoms with Gasteiger partial charge in [0.25, 0.3) is 0 Å². The minimum atomic E-state index is 0.213. The first-order chi connectivity index (χ1) is 9.19. The first-order valence-electron chi connectivity index (χ1n) is 7.00. The van der Waals surface area contributed by atoms with Gasteiger partial charge in [-0.15, -0.1) is 0 Å². The third-order valence-corrected chi connectivity index (χ3v) is 3.27. The average Bonchev–Trinajstić information content (AvgIpc) is 2.43. The van der Waals surface area contributed by atoms with Gasteiger partial charge >= 0.3 is 0 Å². The molecule has 0 spiro atoms. The van der Waals surface area contributed by atoms with E-state index < -0.39 is 0 Å². The van der Waals surface area contributed by atoms with Gasteiger partial charge in [-0.25, -0.2) is 0 Å². The molecule has 1 aromatic carbocycles. The highest BCUT2D eigenvalue weighted by atomic mass is 16.2. The zero-order valence-electron chi connectivity index (χ0n) is 12.1. The maximum atomic E-state index is 8.73. The van der Waals surface area contributed by atoms with Gasteiger partial charge in [0, 0.05) is 39.0 Å². The first-order valence-corrected chi connectivity index (χ1v) is 7.00. The molecule has 4 nitrogen and oxygen atoms in total. The molecule has 0 fully saturated rings. The Morgan fingerprint density at radius 2 is 1.84 bits per heavy atom. The van der Waals surface area contributed by atoms with Crippen LogP contribution in [0.2, 0.25) is 0 Å². The molecule has 0 aliphatic carbocycles. The molecular weight excluding hydrogens is 238 g/mol. The molecule has 19 heavy (non-hydrogen) atoms. The second kappa shape index (κ2) is 8.91. The summed E-state index contributed by atoms with van der Waals surface area (Å²) in [6.07, 6.45) is 3.01. The standard InChI is InChI=1S/C15H27N3O/c1-18(2)14-8-6-13(7-9-14)15(12-16)17-10-4-3-5-11-19/h6-9,15,17,19H,3-5,10-12,16H2,1-2H3. The lowest BCUT2D eigenvalue weighted by molar-refractivity contribution is 0.282. The highest BCUT2D eigenvalue weighted by Gasteiger charge is 2.08. The number of rotatable bonds is 9. The molecule has 0 heterocycles. The van der Waals surface area contributed by atoms with E-state index in [0.29, 0.717) is 6.54 Å². The Balaban J connectivity index is 2.45. The van der Waals surface area contributed by atoms with Crippen LogP contribution in [-0.2, 0) is 0 Å². The number of aliphatic hydroxyl groups excluding tert-OH is 1. The molecule has 4 heteroatoms. The SMILES string of the molecule is CN(C)c1ccc(C(CN)NCCCCCO)cc1. The van der Waals surface area contributed by atoms with Gasteiger partial charge in [0.1, 0.15) is 0 Å². The minimum absolute atomic E-state index is 0.213. The van der Waals surface area contributed by atoms with E-state index in [9.17, 15) is 0 Å². The molecule has 0 amide bonds. The molecule has 1 aromatic rings. The number of benzene rings is 1. The second-order valence-electron chi connectivity index (χ2n) is 5.01. The smallest absolute Gasteiger partial charge is 0.0444 e. The van der Waals surface area contributed by atoms with E-state index in [2.05, 4.69) is 34.5 Å². The van der Waals surface area contributed by atoms with Crippen molar-refractivity contribution >= 4 is 5.69 Å². The topological polar surface area (TPSA) is 61.5 Å². The molecule has 0 bridgehead atoms. The molecule has 1 rings (SSSR count). The molecule has 0 aliphatic heterocycles. The van der Waals surface area contributed by atoms with Crippen molar-refractivity contribution in [2.45, 2.75) is 25.3 Å². The Labute approximate surface area is 116 Å². The van der Waals surface area contributed by atoms with E-state index in [1.807, 2.05) is 14.1 Å².